The summed E-state index contributed by atoms with van der Waals surface area (Å²) in [6.07, 6.45) is 10.9. The van der Waals surface area contributed by atoms with E-state index in [1.165, 1.54) is 19.3 Å². The van der Waals surface area contributed by atoms with Crippen molar-refractivity contribution in [2.75, 3.05) is 11.9 Å². The van der Waals surface area contributed by atoms with Crippen LogP contribution in [0.4, 0.5) is 10.5 Å². The molecule has 4 aliphatic carbocycles. The van der Waals surface area contributed by atoms with E-state index in [1.807, 2.05) is 18.2 Å². The van der Waals surface area contributed by atoms with Gasteiger partial charge < -0.3 is 20.7 Å². The largest absolute Gasteiger partial charge is 0.457 e. The van der Waals surface area contributed by atoms with Crippen molar-refractivity contribution >= 4 is 17.6 Å². The highest BCUT2D eigenvalue weighted by molar-refractivity contribution is 5.91. The summed E-state index contributed by atoms with van der Waals surface area (Å²) in [6, 6.07) is 10.6. The van der Waals surface area contributed by atoms with E-state index in [4.69, 9.17) is 4.74 Å². The van der Waals surface area contributed by atoms with E-state index >= 15 is 0 Å². The third-order valence-electron chi connectivity index (χ3n) is 7.06. The number of amides is 3. The number of nitrogens with one attached hydrogen (secondary N) is 3. The highest BCUT2D eigenvalue weighted by atomic mass is 16.5. The Morgan fingerprint density at radius 1 is 0.969 bits per heavy atom. The first-order valence-corrected chi connectivity index (χ1v) is 11.6. The molecule has 4 saturated carbocycles. The quantitative estimate of drug-likeness (QED) is 0.599. The van der Waals surface area contributed by atoms with Gasteiger partial charge >= 0.3 is 6.03 Å². The van der Waals surface area contributed by atoms with Crippen molar-refractivity contribution in [1.29, 1.82) is 0 Å². The second-order valence-corrected chi connectivity index (χ2v) is 9.69. The number of urea groups is 1. The minimum atomic E-state index is -0.152. The van der Waals surface area contributed by atoms with Crippen molar-refractivity contribution in [1.82, 2.24) is 15.6 Å². The number of anilines is 1. The molecule has 0 atom stereocenters. The van der Waals surface area contributed by atoms with Gasteiger partial charge in [0.05, 0.1) is 0 Å². The Labute approximate surface area is 188 Å². The zero-order valence-electron chi connectivity index (χ0n) is 18.2. The van der Waals surface area contributed by atoms with Crippen molar-refractivity contribution < 1.29 is 14.3 Å². The summed E-state index contributed by atoms with van der Waals surface area (Å²) >= 11 is 0. The highest BCUT2D eigenvalue weighted by Crippen LogP contribution is 2.55. The van der Waals surface area contributed by atoms with Crippen molar-refractivity contribution in [3.05, 3.63) is 48.8 Å². The van der Waals surface area contributed by atoms with Crippen LogP contribution in [-0.4, -0.2) is 29.0 Å². The number of carbonyl (C=O) groups excluding carboxylic acids is 2. The highest BCUT2D eigenvalue weighted by Gasteiger charge is 2.51. The standard InChI is InChI=1S/C25H30N4O3/c30-23(28-20-2-1-3-22(13-20)32-21-4-7-26-8-5-21)6-9-27-24(31)29-25-14-17-10-18(15-25)12-19(11-17)16-25/h1-5,7-8,13,17-19H,6,9-12,14-16H2,(H,28,30)(H2,27,29,31). The van der Waals surface area contributed by atoms with Gasteiger partial charge in [0.1, 0.15) is 11.5 Å². The smallest absolute Gasteiger partial charge is 0.315 e. The first kappa shape index (κ1) is 20.8. The molecule has 3 N–H and O–H groups in total. The molecule has 7 nitrogen and oxygen atoms in total. The van der Waals surface area contributed by atoms with E-state index in [9.17, 15) is 9.59 Å². The van der Waals surface area contributed by atoms with Gasteiger partial charge in [0.25, 0.3) is 0 Å². The maximum atomic E-state index is 12.5. The van der Waals surface area contributed by atoms with Crippen molar-refractivity contribution in [3.8, 4) is 11.5 Å². The molecule has 3 amide bonds. The summed E-state index contributed by atoms with van der Waals surface area (Å²) in [7, 11) is 0. The maximum Gasteiger partial charge on any atom is 0.315 e. The van der Waals surface area contributed by atoms with Crippen LogP contribution in [0.3, 0.4) is 0 Å². The molecule has 4 fully saturated rings. The Balaban J connectivity index is 1.07. The Kier molecular flexibility index (Phi) is 5.72. The molecule has 32 heavy (non-hydrogen) atoms. The van der Waals surface area contributed by atoms with Gasteiger partial charge in [-0.1, -0.05) is 6.07 Å². The molecule has 0 spiro atoms. The van der Waals surface area contributed by atoms with Crippen LogP contribution in [0, 0.1) is 17.8 Å². The van der Waals surface area contributed by atoms with Gasteiger partial charge in [-0.2, -0.15) is 0 Å². The number of rotatable bonds is 7. The number of aromatic nitrogens is 1. The molecule has 0 unspecified atom stereocenters. The van der Waals surface area contributed by atoms with Crippen LogP contribution >= 0.6 is 0 Å². The first-order chi connectivity index (χ1) is 15.6. The maximum absolute atomic E-state index is 12.5. The molecule has 0 aliphatic heterocycles. The normalized spacial score (nSPS) is 27.6. The van der Waals surface area contributed by atoms with Crippen LogP contribution in [0.25, 0.3) is 0 Å². The van der Waals surface area contributed by atoms with Gasteiger partial charge in [-0.25, -0.2) is 4.79 Å². The van der Waals surface area contributed by atoms with Crippen LogP contribution in [0.15, 0.2) is 48.8 Å². The van der Waals surface area contributed by atoms with Crippen LogP contribution in [-0.2, 0) is 4.79 Å². The van der Waals surface area contributed by atoms with Crippen LogP contribution < -0.4 is 20.7 Å². The number of carbonyl (C=O) groups is 2. The van der Waals surface area contributed by atoms with E-state index in [-0.39, 0.29) is 23.9 Å². The van der Waals surface area contributed by atoms with Gasteiger partial charge in [0, 0.05) is 42.7 Å². The molecule has 1 aromatic carbocycles. The third kappa shape index (κ3) is 4.87. The molecule has 4 aliphatic rings. The fourth-order valence-electron chi connectivity index (χ4n) is 6.24. The van der Waals surface area contributed by atoms with Crippen molar-refractivity contribution in [2.24, 2.45) is 17.8 Å². The minimum Gasteiger partial charge on any atom is -0.457 e. The number of hydrogen-bond donors (Lipinski definition) is 3. The fourth-order valence-corrected chi connectivity index (χ4v) is 6.24. The van der Waals surface area contributed by atoms with Crippen LogP contribution in [0.2, 0.25) is 0 Å². The molecule has 0 saturated heterocycles. The molecule has 1 aromatic heterocycles. The van der Waals surface area contributed by atoms with Gasteiger partial charge in [-0.3, -0.25) is 9.78 Å². The molecular formula is C25H30N4O3. The number of nitrogens with zero attached hydrogens (tertiary/aromatic N) is 1. The molecule has 0 radical (unpaired) electrons. The number of hydrogen-bond acceptors (Lipinski definition) is 4. The summed E-state index contributed by atoms with van der Waals surface area (Å²) in [5.41, 5.74) is 0.635. The summed E-state index contributed by atoms with van der Waals surface area (Å²) in [5.74, 6) is 3.50. The summed E-state index contributed by atoms with van der Waals surface area (Å²) in [6.45, 7) is 0.303. The lowest BCUT2D eigenvalue weighted by atomic mass is 9.53. The van der Waals surface area contributed by atoms with Gasteiger partial charge in [-0.15, -0.1) is 0 Å². The number of pyridine rings is 1. The van der Waals surface area contributed by atoms with E-state index in [0.29, 0.717) is 23.7 Å². The Bertz CT molecular complexity index is 943. The third-order valence-corrected chi connectivity index (χ3v) is 7.06. The molecule has 1 heterocycles. The van der Waals surface area contributed by atoms with E-state index in [0.717, 1.165) is 37.0 Å². The van der Waals surface area contributed by atoms with Crippen LogP contribution in [0.5, 0.6) is 11.5 Å². The average molecular weight is 435 g/mol. The minimum absolute atomic E-state index is 0.0175. The van der Waals surface area contributed by atoms with Gasteiger partial charge in [0.15, 0.2) is 0 Å². The molecule has 7 heteroatoms. The number of benzene rings is 1. The summed E-state index contributed by atoms with van der Waals surface area (Å²) < 4.78 is 5.77. The summed E-state index contributed by atoms with van der Waals surface area (Å²) in [5, 5.41) is 9.02. The average Bonchev–Trinajstić information content (AvgIpc) is 2.73. The fraction of sp³-hybridized carbons (Fsp3) is 0.480. The lowest BCUT2D eigenvalue weighted by molar-refractivity contribution is -0.116. The zero-order valence-corrected chi connectivity index (χ0v) is 18.2. The topological polar surface area (TPSA) is 92.4 Å². The molecule has 4 bridgehead atoms. The Hall–Kier alpha value is -3.09. The molecule has 2 aromatic rings. The SMILES string of the molecule is O=C(CCNC(=O)NC12CC3CC(CC(C3)C1)C2)Nc1cccc(Oc2ccncc2)c1. The zero-order chi connectivity index (χ0) is 22.0. The second-order valence-electron chi connectivity index (χ2n) is 9.69. The van der Waals surface area contributed by atoms with E-state index < -0.39 is 0 Å². The molecular weight excluding hydrogens is 404 g/mol. The van der Waals surface area contributed by atoms with E-state index in [2.05, 4.69) is 20.9 Å². The van der Waals surface area contributed by atoms with Crippen molar-refractivity contribution in [3.63, 3.8) is 0 Å². The van der Waals surface area contributed by atoms with Gasteiger partial charge in [0.2, 0.25) is 5.91 Å². The Morgan fingerprint density at radius 3 is 2.34 bits per heavy atom. The lowest BCUT2D eigenvalue weighted by Crippen LogP contribution is -2.61. The van der Waals surface area contributed by atoms with Crippen molar-refractivity contribution in [2.45, 2.75) is 50.5 Å². The second kappa shape index (κ2) is 8.81. The molecule has 168 valence electrons. The monoisotopic (exact) mass is 434 g/mol. The number of ether oxygens (including phenoxy) is 1. The first-order valence-electron chi connectivity index (χ1n) is 11.6. The van der Waals surface area contributed by atoms with Gasteiger partial charge in [-0.05, 0) is 80.5 Å². The Morgan fingerprint density at radius 2 is 1.66 bits per heavy atom. The molecule has 6 rings (SSSR count). The van der Waals surface area contributed by atoms with E-state index in [1.54, 1.807) is 30.6 Å². The lowest BCUT2D eigenvalue weighted by Gasteiger charge is -2.56. The van der Waals surface area contributed by atoms with Crippen LogP contribution in [0.1, 0.15) is 44.9 Å². The predicted molar refractivity (Wildman–Crippen MR) is 121 cm³/mol. The summed E-state index contributed by atoms with van der Waals surface area (Å²) in [4.78, 5) is 28.8. The predicted octanol–water partition coefficient (Wildman–Crippen LogP) is 4.47.